The Balaban J connectivity index is 1.50. The molecule has 0 unspecified atom stereocenters. The molecule has 27 heavy (non-hydrogen) atoms. The summed E-state index contributed by atoms with van der Waals surface area (Å²) in [4.78, 5) is 6.71. The van der Waals surface area contributed by atoms with Crippen LogP contribution in [0.15, 0.2) is 42.7 Å². The maximum absolute atomic E-state index is 6.08. The predicted octanol–water partition coefficient (Wildman–Crippen LogP) is 5.46. The quantitative estimate of drug-likeness (QED) is 0.469. The highest BCUT2D eigenvalue weighted by atomic mass is 35.5. The van der Waals surface area contributed by atoms with Gasteiger partial charge in [-0.3, -0.25) is 4.98 Å². The predicted molar refractivity (Wildman–Crippen MR) is 112 cm³/mol. The number of pyridine rings is 1. The molecule has 4 heteroatoms. The number of anilines is 1. The van der Waals surface area contributed by atoms with E-state index in [1.54, 1.807) is 0 Å². The van der Waals surface area contributed by atoms with Crippen LogP contribution in [0.25, 0.3) is 0 Å². The molecule has 142 valence electrons. The first kappa shape index (κ1) is 19.7. The molecule has 0 amide bonds. The van der Waals surface area contributed by atoms with E-state index in [1.165, 1.54) is 19.3 Å². The summed E-state index contributed by atoms with van der Waals surface area (Å²) < 4.78 is 6.08. The molecule has 0 bridgehead atoms. The van der Waals surface area contributed by atoms with E-state index in [0.717, 1.165) is 47.8 Å². The van der Waals surface area contributed by atoms with Crippen LogP contribution in [-0.2, 0) is 11.3 Å². The number of nitrogens with zero attached hydrogens (tertiary/aromatic N) is 2. The summed E-state index contributed by atoms with van der Waals surface area (Å²) in [5.74, 6) is 6.51. The van der Waals surface area contributed by atoms with Gasteiger partial charge in [0, 0.05) is 36.3 Å². The van der Waals surface area contributed by atoms with Gasteiger partial charge in [0.1, 0.15) is 0 Å². The van der Waals surface area contributed by atoms with Gasteiger partial charge in [-0.15, -0.1) is 0 Å². The first-order chi connectivity index (χ1) is 13.2. The Morgan fingerprint density at radius 1 is 1.22 bits per heavy atom. The molecule has 0 N–H and O–H groups in total. The van der Waals surface area contributed by atoms with Crippen LogP contribution < -0.4 is 4.90 Å². The molecule has 1 saturated heterocycles. The van der Waals surface area contributed by atoms with Crippen LogP contribution >= 0.6 is 11.6 Å². The number of benzene rings is 1. The molecule has 2 heterocycles. The number of rotatable bonds is 7. The van der Waals surface area contributed by atoms with E-state index in [-0.39, 0.29) is 6.10 Å². The lowest BCUT2D eigenvalue weighted by Gasteiger charge is -2.18. The second-order valence-electron chi connectivity index (χ2n) is 6.98. The molecule has 1 fully saturated rings. The first-order valence-electron chi connectivity index (χ1n) is 9.79. The lowest BCUT2D eigenvalue weighted by molar-refractivity contribution is 0.0553. The number of halogens is 1. The minimum Gasteiger partial charge on any atom is -0.372 e. The van der Waals surface area contributed by atoms with Gasteiger partial charge in [0.15, 0.2) is 0 Å². The molecule has 1 aliphatic rings. The Morgan fingerprint density at radius 2 is 2.07 bits per heavy atom. The summed E-state index contributed by atoms with van der Waals surface area (Å²) in [5, 5.41) is 0.756. The van der Waals surface area contributed by atoms with Crippen molar-refractivity contribution < 1.29 is 4.74 Å². The van der Waals surface area contributed by atoms with Crippen LogP contribution in [-0.4, -0.2) is 24.2 Å². The van der Waals surface area contributed by atoms with Gasteiger partial charge in [0.2, 0.25) is 0 Å². The highest BCUT2D eigenvalue weighted by molar-refractivity contribution is 6.30. The van der Waals surface area contributed by atoms with Gasteiger partial charge >= 0.3 is 0 Å². The average Bonchev–Trinajstić information content (AvgIpc) is 3.17. The molecule has 1 aromatic carbocycles. The van der Waals surface area contributed by atoms with Gasteiger partial charge in [-0.2, -0.15) is 0 Å². The summed E-state index contributed by atoms with van der Waals surface area (Å²) in [7, 11) is 0. The van der Waals surface area contributed by atoms with Crippen molar-refractivity contribution in [3.05, 3.63) is 58.9 Å². The smallest absolute Gasteiger partial charge is 0.0771 e. The maximum Gasteiger partial charge on any atom is 0.0771 e. The van der Waals surface area contributed by atoms with E-state index in [4.69, 9.17) is 16.3 Å². The molecule has 0 spiro atoms. The number of ether oxygens (including phenoxy) is 1. The van der Waals surface area contributed by atoms with E-state index >= 15 is 0 Å². The van der Waals surface area contributed by atoms with Gasteiger partial charge in [0.05, 0.1) is 24.6 Å². The number of unbranched alkanes of at least 4 members (excludes halogenated alkanes) is 3. The molecule has 3 nitrogen and oxygen atoms in total. The van der Waals surface area contributed by atoms with Crippen LogP contribution in [0.2, 0.25) is 5.02 Å². The van der Waals surface area contributed by atoms with Crippen molar-refractivity contribution in [2.75, 3.05) is 18.0 Å². The van der Waals surface area contributed by atoms with E-state index in [2.05, 4.69) is 34.7 Å². The molecule has 1 aromatic heterocycles. The summed E-state index contributed by atoms with van der Waals surface area (Å²) in [6.45, 7) is 4.71. The van der Waals surface area contributed by atoms with Gasteiger partial charge in [-0.25, -0.2) is 0 Å². The second-order valence-corrected chi connectivity index (χ2v) is 7.42. The van der Waals surface area contributed by atoms with E-state index in [1.807, 2.05) is 36.7 Å². The number of hydrogen-bond acceptors (Lipinski definition) is 3. The van der Waals surface area contributed by atoms with Crippen LogP contribution in [0.5, 0.6) is 0 Å². The van der Waals surface area contributed by atoms with Crippen molar-refractivity contribution in [1.82, 2.24) is 4.98 Å². The third kappa shape index (κ3) is 6.27. The molecular weight excluding hydrogens is 356 g/mol. The normalized spacial score (nSPS) is 16.2. The fourth-order valence-corrected chi connectivity index (χ4v) is 3.32. The zero-order chi connectivity index (χ0) is 18.9. The van der Waals surface area contributed by atoms with Crippen molar-refractivity contribution in [3.8, 4) is 11.8 Å². The molecule has 0 aliphatic carbocycles. The molecular formula is C23H27ClN2O. The molecule has 1 aliphatic heterocycles. The monoisotopic (exact) mass is 382 g/mol. The lowest BCUT2D eigenvalue weighted by atomic mass is 10.2. The van der Waals surface area contributed by atoms with Crippen molar-refractivity contribution in [2.45, 2.75) is 51.7 Å². The summed E-state index contributed by atoms with van der Waals surface area (Å²) in [6, 6.07) is 9.98. The highest BCUT2D eigenvalue weighted by Crippen LogP contribution is 2.23. The van der Waals surface area contributed by atoms with Crippen molar-refractivity contribution in [3.63, 3.8) is 0 Å². The number of hydrogen-bond donors (Lipinski definition) is 0. The Hall–Kier alpha value is -2.02. The number of aromatic nitrogens is 1. The van der Waals surface area contributed by atoms with E-state index in [9.17, 15) is 0 Å². The topological polar surface area (TPSA) is 25.4 Å². The molecule has 0 radical (unpaired) electrons. The molecule has 3 rings (SSSR count). The van der Waals surface area contributed by atoms with Gasteiger partial charge in [0.25, 0.3) is 0 Å². The molecule has 0 saturated carbocycles. The van der Waals surface area contributed by atoms with Crippen LogP contribution in [0.4, 0.5) is 5.69 Å². The summed E-state index contributed by atoms with van der Waals surface area (Å²) >= 11 is 5.93. The van der Waals surface area contributed by atoms with Crippen LogP contribution in [0.1, 0.15) is 50.2 Å². The standard InChI is InChI=1S/C23H27ClN2O/c1-2-3-4-5-6-7-20-14-22(16-25-15-20)26-13-12-23(17-26)27-18-19-8-10-21(24)11-9-19/h8-11,14-16,23H,2-5,12-13,17-18H2,1H3/t23-/m1/s1. The summed E-state index contributed by atoms with van der Waals surface area (Å²) in [5.41, 5.74) is 3.28. The Kier molecular flexibility index (Phi) is 7.56. The fraction of sp³-hybridized carbons (Fsp3) is 0.435. The Morgan fingerprint density at radius 3 is 2.89 bits per heavy atom. The average molecular weight is 383 g/mol. The largest absolute Gasteiger partial charge is 0.372 e. The first-order valence-corrected chi connectivity index (χ1v) is 10.2. The summed E-state index contributed by atoms with van der Waals surface area (Å²) in [6.07, 6.45) is 9.65. The lowest BCUT2D eigenvalue weighted by Crippen LogP contribution is -2.23. The highest BCUT2D eigenvalue weighted by Gasteiger charge is 2.23. The SMILES string of the molecule is CCCCCC#Cc1cncc(N2CC[C@@H](OCc3ccc(Cl)cc3)C2)c1. The van der Waals surface area contributed by atoms with E-state index < -0.39 is 0 Å². The zero-order valence-electron chi connectivity index (χ0n) is 16.0. The minimum atomic E-state index is 0.240. The maximum atomic E-state index is 6.08. The Bertz CT molecular complexity index is 779. The second kappa shape index (κ2) is 10.3. The minimum absolute atomic E-state index is 0.240. The third-order valence-corrected chi connectivity index (χ3v) is 5.02. The van der Waals surface area contributed by atoms with Crippen LogP contribution in [0.3, 0.4) is 0 Å². The van der Waals surface area contributed by atoms with Crippen molar-refractivity contribution in [2.24, 2.45) is 0 Å². The van der Waals surface area contributed by atoms with Crippen molar-refractivity contribution >= 4 is 17.3 Å². The van der Waals surface area contributed by atoms with Gasteiger partial charge in [-0.05, 0) is 36.6 Å². The molecule has 2 aromatic rings. The fourth-order valence-electron chi connectivity index (χ4n) is 3.19. The van der Waals surface area contributed by atoms with E-state index in [0.29, 0.717) is 6.61 Å². The Labute approximate surface area is 167 Å². The molecule has 1 atom stereocenters. The zero-order valence-corrected chi connectivity index (χ0v) is 16.7. The van der Waals surface area contributed by atoms with Gasteiger partial charge < -0.3 is 9.64 Å². The third-order valence-electron chi connectivity index (χ3n) is 4.77. The van der Waals surface area contributed by atoms with Gasteiger partial charge in [-0.1, -0.05) is 55.3 Å². The van der Waals surface area contributed by atoms with Crippen molar-refractivity contribution in [1.29, 1.82) is 0 Å². The van der Waals surface area contributed by atoms with Crippen LogP contribution in [0, 0.1) is 11.8 Å².